The van der Waals surface area contributed by atoms with Crippen LogP contribution in [0, 0.1) is 0 Å². The van der Waals surface area contributed by atoms with Gasteiger partial charge < -0.3 is 10.1 Å². The number of hydrogen-bond donors (Lipinski definition) is 2. The van der Waals surface area contributed by atoms with Crippen LogP contribution in [-0.2, 0) is 14.8 Å². The fourth-order valence-corrected chi connectivity index (χ4v) is 3.32. The summed E-state index contributed by atoms with van der Waals surface area (Å²) in [5.74, 6) is 0.211. The van der Waals surface area contributed by atoms with E-state index in [1.165, 1.54) is 25.3 Å². The maximum Gasteiger partial charge on any atom is 0.240 e. The van der Waals surface area contributed by atoms with E-state index in [0.29, 0.717) is 17.9 Å². The van der Waals surface area contributed by atoms with Gasteiger partial charge in [-0.1, -0.05) is 20.3 Å². The summed E-state index contributed by atoms with van der Waals surface area (Å²) in [6.45, 7) is 5.54. The van der Waals surface area contributed by atoms with Crippen molar-refractivity contribution in [2.24, 2.45) is 0 Å². The maximum absolute atomic E-state index is 12.4. The van der Waals surface area contributed by atoms with Gasteiger partial charge in [-0.2, -0.15) is 0 Å². The van der Waals surface area contributed by atoms with E-state index in [2.05, 4.69) is 10.0 Å². The highest BCUT2D eigenvalue weighted by molar-refractivity contribution is 7.89. The van der Waals surface area contributed by atoms with E-state index >= 15 is 0 Å². The van der Waals surface area contributed by atoms with Crippen LogP contribution in [0.15, 0.2) is 23.1 Å². The predicted octanol–water partition coefficient (Wildman–Crippen LogP) is 2.51. The Bertz CT molecular complexity index is 614. The van der Waals surface area contributed by atoms with Crippen molar-refractivity contribution >= 4 is 21.6 Å². The summed E-state index contributed by atoms with van der Waals surface area (Å²) < 4.78 is 32.5. The number of hydrogen-bond acceptors (Lipinski definition) is 4. The smallest absolute Gasteiger partial charge is 0.240 e. The number of carbonyl (C=O) groups is 1. The third-order valence-corrected chi connectivity index (χ3v) is 4.74. The molecular formula is C15H24N2O4S. The molecule has 0 aliphatic heterocycles. The van der Waals surface area contributed by atoms with Gasteiger partial charge in [0.25, 0.3) is 0 Å². The third-order valence-electron chi connectivity index (χ3n) is 3.15. The Kier molecular flexibility index (Phi) is 6.83. The van der Waals surface area contributed by atoms with Gasteiger partial charge in [-0.25, -0.2) is 13.1 Å². The molecule has 0 aliphatic rings. The lowest BCUT2D eigenvalue weighted by molar-refractivity contribution is -0.115. The number of nitrogens with one attached hydrogen (secondary N) is 2. The second-order valence-corrected chi connectivity index (χ2v) is 6.79. The average molecular weight is 328 g/mol. The fraction of sp³-hybridized carbons (Fsp3) is 0.533. The van der Waals surface area contributed by atoms with Crippen molar-refractivity contribution in [1.29, 1.82) is 0 Å². The molecule has 0 fully saturated rings. The summed E-state index contributed by atoms with van der Waals surface area (Å²) in [6.07, 6.45) is 1.95. The zero-order valence-corrected chi connectivity index (χ0v) is 14.3. The van der Waals surface area contributed by atoms with Gasteiger partial charge in [0, 0.05) is 12.5 Å². The van der Waals surface area contributed by atoms with Crippen molar-refractivity contribution in [3.63, 3.8) is 0 Å². The van der Waals surface area contributed by atoms with Gasteiger partial charge in [0.15, 0.2) is 0 Å². The molecule has 1 aromatic carbocycles. The van der Waals surface area contributed by atoms with Crippen molar-refractivity contribution in [1.82, 2.24) is 4.72 Å². The summed E-state index contributed by atoms with van der Waals surface area (Å²) in [5, 5.41) is 2.65. The molecule has 1 rings (SSSR count). The minimum atomic E-state index is -3.63. The Morgan fingerprint density at radius 1 is 1.32 bits per heavy atom. The number of benzene rings is 1. The van der Waals surface area contributed by atoms with Crippen molar-refractivity contribution < 1.29 is 17.9 Å². The second kappa shape index (κ2) is 8.14. The van der Waals surface area contributed by atoms with Crippen molar-refractivity contribution in [3.05, 3.63) is 18.2 Å². The van der Waals surface area contributed by atoms with Gasteiger partial charge in [0.05, 0.1) is 17.7 Å². The second-order valence-electron chi connectivity index (χ2n) is 5.07. The molecule has 22 heavy (non-hydrogen) atoms. The topological polar surface area (TPSA) is 84.5 Å². The normalized spacial score (nSPS) is 12.7. The number of amides is 1. The molecule has 0 radical (unpaired) electrons. The molecule has 7 heteroatoms. The van der Waals surface area contributed by atoms with E-state index in [-0.39, 0.29) is 16.8 Å². The molecule has 124 valence electrons. The van der Waals surface area contributed by atoms with E-state index in [1.54, 1.807) is 6.92 Å². The number of sulfonamides is 1. The van der Waals surface area contributed by atoms with E-state index in [1.807, 2.05) is 13.8 Å². The van der Waals surface area contributed by atoms with E-state index < -0.39 is 10.0 Å². The van der Waals surface area contributed by atoms with Crippen LogP contribution in [0.5, 0.6) is 5.75 Å². The van der Waals surface area contributed by atoms with Crippen LogP contribution in [0.1, 0.15) is 40.0 Å². The SMILES string of the molecule is CCC[C@H](C)NS(=O)(=O)c1ccc(OC)c(NC(=O)CC)c1. The zero-order chi connectivity index (χ0) is 16.8. The Balaban J connectivity index is 3.09. The largest absolute Gasteiger partial charge is 0.495 e. The molecular weight excluding hydrogens is 304 g/mol. The highest BCUT2D eigenvalue weighted by Gasteiger charge is 2.19. The summed E-state index contributed by atoms with van der Waals surface area (Å²) in [6, 6.07) is 4.25. The molecule has 1 amide bonds. The molecule has 0 spiro atoms. The molecule has 2 N–H and O–H groups in total. The summed E-state index contributed by atoms with van der Waals surface area (Å²) in [5.41, 5.74) is 0.348. The van der Waals surface area contributed by atoms with Crippen LogP contribution in [0.4, 0.5) is 5.69 Å². The lowest BCUT2D eigenvalue weighted by atomic mass is 10.2. The number of rotatable bonds is 8. The first-order valence-corrected chi connectivity index (χ1v) is 8.82. The van der Waals surface area contributed by atoms with Crippen LogP contribution in [-0.4, -0.2) is 27.5 Å². The molecule has 0 heterocycles. The van der Waals surface area contributed by atoms with Gasteiger partial charge in [0.1, 0.15) is 5.75 Å². The lowest BCUT2D eigenvalue weighted by Gasteiger charge is -2.15. The summed E-state index contributed by atoms with van der Waals surface area (Å²) in [7, 11) is -2.16. The standard InChI is InChI=1S/C15H24N2O4S/c1-5-7-11(3)17-22(19,20)12-8-9-14(21-4)13(10-12)16-15(18)6-2/h8-11,17H,5-7H2,1-4H3,(H,16,18)/t11-/m0/s1. The Hall–Kier alpha value is -1.60. The Labute approximate surface area is 132 Å². The molecule has 0 saturated heterocycles. The van der Waals surface area contributed by atoms with Crippen LogP contribution in [0.2, 0.25) is 0 Å². The first kappa shape index (κ1) is 18.4. The lowest BCUT2D eigenvalue weighted by Crippen LogP contribution is -2.32. The molecule has 6 nitrogen and oxygen atoms in total. The fourth-order valence-electron chi connectivity index (χ4n) is 2.02. The van der Waals surface area contributed by atoms with Crippen LogP contribution in [0.25, 0.3) is 0 Å². The molecule has 0 saturated carbocycles. The maximum atomic E-state index is 12.4. The average Bonchev–Trinajstić information content (AvgIpc) is 2.46. The van der Waals surface area contributed by atoms with Crippen molar-refractivity contribution in [3.8, 4) is 5.75 Å². The predicted molar refractivity (Wildman–Crippen MR) is 86.6 cm³/mol. The first-order chi connectivity index (χ1) is 10.3. The monoisotopic (exact) mass is 328 g/mol. The number of anilines is 1. The van der Waals surface area contributed by atoms with Crippen molar-refractivity contribution in [2.75, 3.05) is 12.4 Å². The quantitative estimate of drug-likeness (QED) is 0.768. The van der Waals surface area contributed by atoms with Crippen LogP contribution < -0.4 is 14.8 Å². The van der Waals surface area contributed by atoms with E-state index in [9.17, 15) is 13.2 Å². The Morgan fingerprint density at radius 2 is 2.00 bits per heavy atom. The third kappa shape index (κ3) is 4.99. The van der Waals surface area contributed by atoms with Gasteiger partial charge in [-0.3, -0.25) is 4.79 Å². The minimum Gasteiger partial charge on any atom is -0.495 e. The first-order valence-electron chi connectivity index (χ1n) is 7.34. The summed E-state index contributed by atoms with van der Waals surface area (Å²) >= 11 is 0. The van der Waals surface area contributed by atoms with Gasteiger partial charge in [-0.05, 0) is 31.5 Å². The highest BCUT2D eigenvalue weighted by atomic mass is 32.2. The molecule has 1 aromatic rings. The van der Waals surface area contributed by atoms with Gasteiger partial charge in [0.2, 0.25) is 15.9 Å². The molecule has 0 aromatic heterocycles. The van der Waals surface area contributed by atoms with Crippen LogP contribution in [0.3, 0.4) is 0 Å². The van der Waals surface area contributed by atoms with E-state index in [4.69, 9.17) is 4.74 Å². The molecule has 1 atom stereocenters. The highest BCUT2D eigenvalue weighted by Crippen LogP contribution is 2.27. The number of methoxy groups -OCH3 is 1. The minimum absolute atomic E-state index is 0.0997. The molecule has 0 unspecified atom stereocenters. The van der Waals surface area contributed by atoms with Crippen LogP contribution >= 0.6 is 0 Å². The molecule has 0 aliphatic carbocycles. The summed E-state index contributed by atoms with van der Waals surface area (Å²) in [4.78, 5) is 11.6. The number of ether oxygens (including phenoxy) is 1. The Morgan fingerprint density at radius 3 is 2.55 bits per heavy atom. The van der Waals surface area contributed by atoms with Gasteiger partial charge in [-0.15, -0.1) is 0 Å². The zero-order valence-electron chi connectivity index (χ0n) is 13.5. The van der Waals surface area contributed by atoms with Crippen molar-refractivity contribution in [2.45, 2.75) is 51.0 Å². The number of carbonyl (C=O) groups excluding carboxylic acids is 1. The van der Waals surface area contributed by atoms with Gasteiger partial charge >= 0.3 is 0 Å². The molecule has 0 bridgehead atoms. The van der Waals surface area contributed by atoms with E-state index in [0.717, 1.165) is 12.8 Å².